The first-order chi connectivity index (χ1) is 8.22. The van der Waals surface area contributed by atoms with Gasteiger partial charge in [-0.2, -0.15) is 5.10 Å². The Morgan fingerprint density at radius 1 is 1.29 bits per heavy atom. The molecule has 88 valence electrons. The minimum Gasteiger partial charge on any atom is -0.508 e. The molecule has 0 saturated carbocycles. The third-order valence-electron chi connectivity index (χ3n) is 3.24. The van der Waals surface area contributed by atoms with Crippen LogP contribution in [0.15, 0.2) is 24.3 Å². The molecule has 1 aliphatic heterocycles. The SMILES string of the molecule is CC1CCn2nc(-c3ccc(O)cc3)nc2C1. The maximum atomic E-state index is 9.25. The first-order valence-corrected chi connectivity index (χ1v) is 5.95. The quantitative estimate of drug-likeness (QED) is 0.815. The Kier molecular flexibility index (Phi) is 2.35. The summed E-state index contributed by atoms with van der Waals surface area (Å²) in [6.45, 7) is 3.21. The number of hydrogen-bond acceptors (Lipinski definition) is 3. The fourth-order valence-electron chi connectivity index (χ4n) is 2.19. The molecule has 4 nitrogen and oxygen atoms in total. The van der Waals surface area contributed by atoms with Crippen molar-refractivity contribution in [1.82, 2.24) is 14.8 Å². The van der Waals surface area contributed by atoms with Crippen molar-refractivity contribution in [3.63, 3.8) is 0 Å². The van der Waals surface area contributed by atoms with Crippen LogP contribution in [0.2, 0.25) is 0 Å². The van der Waals surface area contributed by atoms with Gasteiger partial charge in [-0.1, -0.05) is 6.92 Å². The summed E-state index contributed by atoms with van der Waals surface area (Å²) in [6.07, 6.45) is 2.18. The van der Waals surface area contributed by atoms with Crippen LogP contribution in [-0.4, -0.2) is 19.9 Å². The highest BCUT2D eigenvalue weighted by molar-refractivity contribution is 5.55. The molecule has 0 radical (unpaired) electrons. The summed E-state index contributed by atoms with van der Waals surface area (Å²) in [5.74, 6) is 2.80. The van der Waals surface area contributed by atoms with Crippen molar-refractivity contribution in [2.75, 3.05) is 0 Å². The van der Waals surface area contributed by atoms with Gasteiger partial charge in [0.15, 0.2) is 5.82 Å². The predicted molar refractivity (Wildman–Crippen MR) is 64.6 cm³/mol. The second-order valence-corrected chi connectivity index (χ2v) is 4.72. The minimum atomic E-state index is 0.270. The fraction of sp³-hybridized carbons (Fsp3) is 0.385. The van der Waals surface area contributed by atoms with Gasteiger partial charge in [0.1, 0.15) is 11.6 Å². The number of hydrogen-bond donors (Lipinski definition) is 1. The van der Waals surface area contributed by atoms with Crippen LogP contribution in [-0.2, 0) is 13.0 Å². The van der Waals surface area contributed by atoms with E-state index < -0.39 is 0 Å². The van der Waals surface area contributed by atoms with E-state index in [4.69, 9.17) is 0 Å². The Morgan fingerprint density at radius 2 is 2.06 bits per heavy atom. The van der Waals surface area contributed by atoms with Gasteiger partial charge in [-0.3, -0.25) is 0 Å². The minimum absolute atomic E-state index is 0.270. The maximum Gasteiger partial charge on any atom is 0.181 e. The Bertz CT molecular complexity index is 530. The average Bonchev–Trinajstić information content (AvgIpc) is 2.72. The first kappa shape index (κ1) is 10.3. The zero-order valence-electron chi connectivity index (χ0n) is 9.80. The second kappa shape index (κ2) is 3.87. The van der Waals surface area contributed by atoms with Crippen molar-refractivity contribution >= 4 is 0 Å². The number of nitrogens with zero attached hydrogens (tertiary/aromatic N) is 3. The summed E-state index contributed by atoms with van der Waals surface area (Å²) in [5, 5.41) is 13.8. The standard InChI is InChI=1S/C13H15N3O/c1-9-6-7-16-12(8-9)14-13(15-16)10-2-4-11(17)5-3-10/h2-5,9,17H,6-8H2,1H3. The lowest BCUT2D eigenvalue weighted by atomic mass is 10.0. The predicted octanol–water partition coefficient (Wildman–Crippen LogP) is 2.23. The van der Waals surface area contributed by atoms with Crippen molar-refractivity contribution in [2.24, 2.45) is 5.92 Å². The van der Waals surface area contributed by atoms with E-state index >= 15 is 0 Å². The van der Waals surface area contributed by atoms with Gasteiger partial charge >= 0.3 is 0 Å². The number of aryl methyl sites for hydroxylation is 1. The number of aromatic nitrogens is 3. The fourth-order valence-corrected chi connectivity index (χ4v) is 2.19. The van der Waals surface area contributed by atoms with Crippen molar-refractivity contribution in [3.05, 3.63) is 30.1 Å². The molecule has 0 saturated heterocycles. The zero-order chi connectivity index (χ0) is 11.8. The van der Waals surface area contributed by atoms with Crippen LogP contribution in [0.4, 0.5) is 0 Å². The smallest absolute Gasteiger partial charge is 0.181 e. The van der Waals surface area contributed by atoms with E-state index in [0.717, 1.165) is 30.2 Å². The summed E-state index contributed by atoms with van der Waals surface area (Å²) < 4.78 is 2.00. The van der Waals surface area contributed by atoms with Crippen LogP contribution >= 0.6 is 0 Å². The number of aromatic hydroxyl groups is 1. The average molecular weight is 229 g/mol. The Labute approximate surface area is 99.9 Å². The molecule has 1 N–H and O–H groups in total. The van der Waals surface area contributed by atoms with Crippen LogP contribution < -0.4 is 0 Å². The van der Waals surface area contributed by atoms with E-state index in [1.165, 1.54) is 6.42 Å². The topological polar surface area (TPSA) is 50.9 Å². The molecule has 1 aromatic carbocycles. The van der Waals surface area contributed by atoms with Crippen LogP contribution in [0.1, 0.15) is 19.2 Å². The van der Waals surface area contributed by atoms with Gasteiger partial charge in [0.05, 0.1) is 0 Å². The second-order valence-electron chi connectivity index (χ2n) is 4.72. The molecule has 0 bridgehead atoms. The van der Waals surface area contributed by atoms with Gasteiger partial charge in [-0.05, 0) is 36.6 Å². The number of phenols is 1. The highest BCUT2D eigenvalue weighted by atomic mass is 16.3. The van der Waals surface area contributed by atoms with Crippen LogP contribution in [0.25, 0.3) is 11.4 Å². The molecule has 0 fully saturated rings. The number of benzene rings is 1. The van der Waals surface area contributed by atoms with Gasteiger partial charge in [-0.25, -0.2) is 9.67 Å². The van der Waals surface area contributed by atoms with E-state index in [1.807, 2.05) is 16.8 Å². The molecule has 0 amide bonds. The molecule has 4 heteroatoms. The van der Waals surface area contributed by atoms with Gasteiger partial charge in [0, 0.05) is 18.5 Å². The van der Waals surface area contributed by atoms with E-state index in [2.05, 4.69) is 17.0 Å². The summed E-state index contributed by atoms with van der Waals surface area (Å²) >= 11 is 0. The van der Waals surface area contributed by atoms with Crippen molar-refractivity contribution < 1.29 is 5.11 Å². The maximum absolute atomic E-state index is 9.25. The van der Waals surface area contributed by atoms with Gasteiger partial charge in [0.25, 0.3) is 0 Å². The number of rotatable bonds is 1. The molecule has 2 heterocycles. The first-order valence-electron chi connectivity index (χ1n) is 5.95. The molecule has 1 aromatic heterocycles. The molecule has 17 heavy (non-hydrogen) atoms. The largest absolute Gasteiger partial charge is 0.508 e. The summed E-state index contributed by atoms with van der Waals surface area (Å²) in [5.41, 5.74) is 0.956. The number of phenolic OH excluding ortho intramolecular Hbond substituents is 1. The van der Waals surface area contributed by atoms with Crippen LogP contribution in [0, 0.1) is 5.92 Å². The van der Waals surface area contributed by atoms with Crippen LogP contribution in [0.5, 0.6) is 5.75 Å². The molecule has 3 rings (SSSR count). The molecular formula is C13H15N3O. The molecule has 1 unspecified atom stereocenters. The third kappa shape index (κ3) is 1.90. The van der Waals surface area contributed by atoms with Gasteiger partial charge < -0.3 is 5.11 Å². The third-order valence-corrected chi connectivity index (χ3v) is 3.24. The Hall–Kier alpha value is -1.84. The van der Waals surface area contributed by atoms with E-state index in [-0.39, 0.29) is 5.75 Å². The van der Waals surface area contributed by atoms with Crippen molar-refractivity contribution in [2.45, 2.75) is 26.3 Å². The molecule has 0 spiro atoms. The molecule has 2 aromatic rings. The summed E-state index contributed by atoms with van der Waals surface area (Å²) in [7, 11) is 0. The monoisotopic (exact) mass is 229 g/mol. The number of fused-ring (bicyclic) bond motifs is 1. The lowest BCUT2D eigenvalue weighted by Crippen LogP contribution is -2.18. The molecule has 1 aliphatic rings. The zero-order valence-corrected chi connectivity index (χ0v) is 9.80. The van der Waals surface area contributed by atoms with E-state index in [9.17, 15) is 5.11 Å². The Balaban J connectivity index is 1.97. The van der Waals surface area contributed by atoms with Gasteiger partial charge in [-0.15, -0.1) is 0 Å². The lowest BCUT2D eigenvalue weighted by Gasteiger charge is -2.17. The van der Waals surface area contributed by atoms with E-state index in [1.54, 1.807) is 12.1 Å². The molecule has 0 aliphatic carbocycles. The summed E-state index contributed by atoms with van der Waals surface area (Å²) in [4.78, 5) is 4.57. The highest BCUT2D eigenvalue weighted by Crippen LogP contribution is 2.23. The molecule has 1 atom stereocenters. The van der Waals surface area contributed by atoms with E-state index in [0.29, 0.717) is 5.92 Å². The molecular weight excluding hydrogens is 214 g/mol. The van der Waals surface area contributed by atoms with Crippen molar-refractivity contribution in [3.8, 4) is 17.1 Å². The van der Waals surface area contributed by atoms with Gasteiger partial charge in [0.2, 0.25) is 0 Å². The highest BCUT2D eigenvalue weighted by Gasteiger charge is 2.19. The Morgan fingerprint density at radius 3 is 2.82 bits per heavy atom. The van der Waals surface area contributed by atoms with Crippen LogP contribution in [0.3, 0.4) is 0 Å². The van der Waals surface area contributed by atoms with Crippen molar-refractivity contribution in [1.29, 1.82) is 0 Å². The normalized spacial score (nSPS) is 19.0. The summed E-state index contributed by atoms with van der Waals surface area (Å²) in [6, 6.07) is 7.02. The lowest BCUT2D eigenvalue weighted by molar-refractivity contribution is 0.386.